The topological polar surface area (TPSA) is 95.9 Å². The van der Waals surface area contributed by atoms with E-state index in [2.05, 4.69) is 19.2 Å². The Kier molecular flexibility index (Phi) is 54.5. The van der Waals surface area contributed by atoms with E-state index in [1.165, 1.54) is 270 Å². The third kappa shape index (κ3) is 52.1. The fourth-order valence-electron chi connectivity index (χ4n) is 9.58. The summed E-state index contributed by atoms with van der Waals surface area (Å²) in [5.41, 5.74) is 0. The van der Waals surface area contributed by atoms with Crippen LogP contribution in [0.2, 0.25) is 0 Å². The van der Waals surface area contributed by atoms with E-state index in [1.807, 2.05) is 0 Å². The second-order valence-electron chi connectivity index (χ2n) is 20.7. The fourth-order valence-corrected chi connectivity index (χ4v) is 9.58. The average molecular weight is 921 g/mol. The number of hydrogen-bond acceptors (Lipinski definition) is 5. The standard InChI is InChI=1S/C59H117NO5/c1-3-5-7-9-11-13-15-16-17-18-24-27-30-33-37-41-45-49-53-59(64)65-54-50-46-42-38-34-31-28-25-22-20-19-21-23-26-29-32-36-40-44-48-52-58(63)60-56(55-61)57(62)51-47-43-39-35-14-12-10-8-6-4-2/h56-57,61-62H,3-55H2,1-2H3,(H,60,63). The van der Waals surface area contributed by atoms with Gasteiger partial charge in [-0.25, -0.2) is 0 Å². The Morgan fingerprint density at radius 2 is 0.631 bits per heavy atom. The molecule has 3 N–H and O–H groups in total. The van der Waals surface area contributed by atoms with Gasteiger partial charge in [-0.05, 0) is 25.7 Å². The Morgan fingerprint density at radius 3 is 0.938 bits per heavy atom. The van der Waals surface area contributed by atoms with Gasteiger partial charge < -0.3 is 20.3 Å². The number of unbranched alkanes of at least 4 members (excludes halogenated alkanes) is 45. The first-order valence-corrected chi connectivity index (χ1v) is 29.8. The number of hydrogen-bond donors (Lipinski definition) is 3. The van der Waals surface area contributed by atoms with E-state index in [0.717, 1.165) is 38.5 Å². The molecule has 0 saturated carbocycles. The Morgan fingerprint density at radius 1 is 0.369 bits per heavy atom. The Bertz CT molecular complexity index is 928. The van der Waals surface area contributed by atoms with Gasteiger partial charge >= 0.3 is 5.97 Å². The SMILES string of the molecule is CCCCCCCCCCCCCCCCCCCCC(=O)OCCCCCCCCCCCCCCCCCCCCCCC(=O)NC(CO)C(O)CCCCCCCCCCCC. The lowest BCUT2D eigenvalue weighted by molar-refractivity contribution is -0.143. The minimum atomic E-state index is -0.662. The number of nitrogens with one attached hydrogen (secondary N) is 1. The molecule has 388 valence electrons. The van der Waals surface area contributed by atoms with Crippen molar-refractivity contribution in [3.05, 3.63) is 0 Å². The summed E-state index contributed by atoms with van der Waals surface area (Å²) < 4.78 is 5.50. The molecule has 1 amide bonds. The lowest BCUT2D eigenvalue weighted by atomic mass is 10.0. The number of aliphatic hydroxyl groups excluding tert-OH is 2. The van der Waals surface area contributed by atoms with Gasteiger partial charge in [-0.3, -0.25) is 9.59 Å². The molecule has 0 aliphatic carbocycles. The van der Waals surface area contributed by atoms with Crippen molar-refractivity contribution in [2.45, 2.75) is 353 Å². The van der Waals surface area contributed by atoms with Crippen molar-refractivity contribution in [2.24, 2.45) is 0 Å². The van der Waals surface area contributed by atoms with Crippen LogP contribution in [0.5, 0.6) is 0 Å². The number of rotatable bonds is 56. The monoisotopic (exact) mass is 920 g/mol. The van der Waals surface area contributed by atoms with Crippen LogP contribution < -0.4 is 5.32 Å². The Hall–Kier alpha value is -1.14. The van der Waals surface area contributed by atoms with E-state index < -0.39 is 12.1 Å². The van der Waals surface area contributed by atoms with Crippen LogP contribution in [0.15, 0.2) is 0 Å². The highest BCUT2D eigenvalue weighted by molar-refractivity contribution is 5.76. The molecule has 2 unspecified atom stereocenters. The zero-order valence-electron chi connectivity index (χ0n) is 44.3. The van der Waals surface area contributed by atoms with Gasteiger partial charge in [0.05, 0.1) is 25.4 Å². The van der Waals surface area contributed by atoms with Crippen LogP contribution in [-0.2, 0) is 14.3 Å². The predicted molar refractivity (Wildman–Crippen MR) is 283 cm³/mol. The first-order valence-electron chi connectivity index (χ1n) is 29.8. The van der Waals surface area contributed by atoms with Crippen molar-refractivity contribution < 1.29 is 24.5 Å². The molecule has 0 aliphatic rings. The van der Waals surface area contributed by atoms with Gasteiger partial charge in [0.15, 0.2) is 0 Å². The van der Waals surface area contributed by atoms with Crippen LogP contribution >= 0.6 is 0 Å². The minimum Gasteiger partial charge on any atom is -0.466 e. The normalized spacial score (nSPS) is 12.5. The fraction of sp³-hybridized carbons (Fsp3) is 0.966. The van der Waals surface area contributed by atoms with Gasteiger partial charge in [0.1, 0.15) is 0 Å². The number of ether oxygens (including phenoxy) is 1. The van der Waals surface area contributed by atoms with E-state index in [0.29, 0.717) is 25.9 Å². The maximum atomic E-state index is 12.4. The molecule has 6 heteroatoms. The lowest BCUT2D eigenvalue weighted by Crippen LogP contribution is -2.45. The van der Waals surface area contributed by atoms with Crippen molar-refractivity contribution in [2.75, 3.05) is 13.2 Å². The predicted octanol–water partition coefficient (Wildman–Crippen LogP) is 18.3. The molecule has 0 rings (SSSR count). The molecule has 0 spiro atoms. The van der Waals surface area contributed by atoms with E-state index in [9.17, 15) is 19.8 Å². The van der Waals surface area contributed by atoms with Gasteiger partial charge in [-0.1, -0.05) is 303 Å². The molecule has 0 aromatic heterocycles. The molecule has 0 bridgehead atoms. The van der Waals surface area contributed by atoms with Gasteiger partial charge in [0.25, 0.3) is 0 Å². The van der Waals surface area contributed by atoms with E-state index in [-0.39, 0.29) is 18.5 Å². The van der Waals surface area contributed by atoms with Crippen molar-refractivity contribution in [3.63, 3.8) is 0 Å². The van der Waals surface area contributed by atoms with Gasteiger partial charge in [0.2, 0.25) is 5.91 Å². The number of carbonyl (C=O) groups excluding carboxylic acids is 2. The molecule has 0 aromatic rings. The van der Waals surface area contributed by atoms with Crippen molar-refractivity contribution in [3.8, 4) is 0 Å². The van der Waals surface area contributed by atoms with Crippen LogP contribution in [0.25, 0.3) is 0 Å². The number of amides is 1. The zero-order valence-corrected chi connectivity index (χ0v) is 44.3. The quantitative estimate of drug-likeness (QED) is 0.0417. The van der Waals surface area contributed by atoms with Crippen LogP contribution in [0.3, 0.4) is 0 Å². The maximum Gasteiger partial charge on any atom is 0.305 e. The Labute approximate surface area is 406 Å². The molecule has 6 nitrogen and oxygen atoms in total. The first-order chi connectivity index (χ1) is 32.0. The molecular weight excluding hydrogens is 803 g/mol. The Balaban J connectivity index is 3.33. The lowest BCUT2D eigenvalue weighted by Gasteiger charge is -2.22. The summed E-state index contributed by atoms with van der Waals surface area (Å²) >= 11 is 0. The van der Waals surface area contributed by atoms with Crippen molar-refractivity contribution in [1.82, 2.24) is 5.32 Å². The summed E-state index contributed by atoms with van der Waals surface area (Å²) in [6.45, 7) is 4.96. The second kappa shape index (κ2) is 55.5. The van der Waals surface area contributed by atoms with Crippen molar-refractivity contribution in [1.29, 1.82) is 0 Å². The minimum absolute atomic E-state index is 0.0157. The highest BCUT2D eigenvalue weighted by atomic mass is 16.5. The van der Waals surface area contributed by atoms with Crippen LogP contribution in [-0.4, -0.2) is 47.4 Å². The maximum absolute atomic E-state index is 12.4. The molecule has 2 atom stereocenters. The molecule has 0 fully saturated rings. The third-order valence-electron chi connectivity index (χ3n) is 14.2. The number of esters is 1. The molecule has 0 aromatic carbocycles. The summed E-state index contributed by atoms with van der Waals surface area (Å²) in [6.07, 6.45) is 64.0. The third-order valence-corrected chi connectivity index (χ3v) is 14.2. The summed E-state index contributed by atoms with van der Waals surface area (Å²) in [6, 6.07) is -0.540. The van der Waals surface area contributed by atoms with Crippen LogP contribution in [0.4, 0.5) is 0 Å². The van der Waals surface area contributed by atoms with Crippen LogP contribution in [0, 0.1) is 0 Å². The highest BCUT2D eigenvalue weighted by Crippen LogP contribution is 2.18. The smallest absolute Gasteiger partial charge is 0.305 e. The number of aliphatic hydroxyl groups is 2. The second-order valence-corrected chi connectivity index (χ2v) is 20.7. The molecule has 0 aliphatic heterocycles. The van der Waals surface area contributed by atoms with E-state index in [1.54, 1.807) is 0 Å². The summed E-state index contributed by atoms with van der Waals surface area (Å²) in [7, 11) is 0. The van der Waals surface area contributed by atoms with Crippen LogP contribution in [0.1, 0.15) is 341 Å². The highest BCUT2D eigenvalue weighted by Gasteiger charge is 2.20. The van der Waals surface area contributed by atoms with Gasteiger partial charge in [0, 0.05) is 12.8 Å². The van der Waals surface area contributed by atoms with Gasteiger partial charge in [-0.2, -0.15) is 0 Å². The summed E-state index contributed by atoms with van der Waals surface area (Å²) in [5.74, 6) is -0.0209. The largest absolute Gasteiger partial charge is 0.466 e. The summed E-state index contributed by atoms with van der Waals surface area (Å²) in [4.78, 5) is 24.5. The molecule has 65 heavy (non-hydrogen) atoms. The van der Waals surface area contributed by atoms with Gasteiger partial charge in [-0.15, -0.1) is 0 Å². The zero-order chi connectivity index (χ0) is 47.2. The van der Waals surface area contributed by atoms with E-state index >= 15 is 0 Å². The molecule has 0 heterocycles. The average Bonchev–Trinajstić information content (AvgIpc) is 3.31. The van der Waals surface area contributed by atoms with Crippen molar-refractivity contribution >= 4 is 11.9 Å². The number of carbonyl (C=O) groups is 2. The first kappa shape index (κ1) is 63.9. The molecule has 0 saturated heterocycles. The van der Waals surface area contributed by atoms with E-state index in [4.69, 9.17) is 4.74 Å². The molecule has 0 radical (unpaired) electrons. The molecular formula is C59H117NO5. The summed E-state index contributed by atoms with van der Waals surface area (Å²) in [5, 5.41) is 23.1.